The van der Waals surface area contributed by atoms with Gasteiger partial charge >= 0.3 is 0 Å². The van der Waals surface area contributed by atoms with E-state index in [2.05, 4.69) is 24.4 Å². The zero-order valence-electron chi connectivity index (χ0n) is 18.5. The molecule has 1 aliphatic rings. The van der Waals surface area contributed by atoms with Crippen molar-refractivity contribution in [2.75, 3.05) is 19.6 Å². The van der Waals surface area contributed by atoms with E-state index < -0.39 is 10.0 Å². The maximum absolute atomic E-state index is 13.0. The minimum absolute atomic E-state index is 0.0151. The molecule has 0 bridgehead atoms. The van der Waals surface area contributed by atoms with Crippen molar-refractivity contribution in [1.29, 1.82) is 0 Å². The van der Waals surface area contributed by atoms with E-state index in [1.807, 2.05) is 41.1 Å². The Morgan fingerprint density at radius 2 is 1.81 bits per heavy atom. The lowest BCUT2D eigenvalue weighted by molar-refractivity contribution is -0.121. The van der Waals surface area contributed by atoms with E-state index >= 15 is 0 Å². The minimum atomic E-state index is -3.47. The molecule has 2 heterocycles. The molecule has 1 N–H and O–H groups in total. The summed E-state index contributed by atoms with van der Waals surface area (Å²) in [6.45, 7) is 4.51. The molecule has 3 aromatic rings. The molecule has 1 aliphatic heterocycles. The Hall–Kier alpha value is -2.64. The molecule has 1 amide bonds. The van der Waals surface area contributed by atoms with E-state index in [1.54, 1.807) is 16.4 Å². The van der Waals surface area contributed by atoms with E-state index in [-0.39, 0.29) is 5.91 Å². The van der Waals surface area contributed by atoms with Crippen molar-refractivity contribution < 1.29 is 13.2 Å². The SMILES string of the molecule is CC1CCN(S(=O)(=O)c2ccc3c(ccn3CCC(=O)NCCc3ccccc3)c2)CC1. The summed E-state index contributed by atoms with van der Waals surface area (Å²) in [5, 5.41) is 3.85. The molecule has 7 heteroatoms. The molecule has 6 nitrogen and oxygen atoms in total. The van der Waals surface area contributed by atoms with Crippen molar-refractivity contribution in [1.82, 2.24) is 14.2 Å². The number of amides is 1. The van der Waals surface area contributed by atoms with Gasteiger partial charge in [-0.05, 0) is 55.0 Å². The van der Waals surface area contributed by atoms with Crippen molar-refractivity contribution in [3.05, 3.63) is 66.4 Å². The molecular weight excluding hydrogens is 422 g/mol. The topological polar surface area (TPSA) is 71.4 Å². The number of hydrogen-bond acceptors (Lipinski definition) is 3. The van der Waals surface area contributed by atoms with Crippen LogP contribution < -0.4 is 5.32 Å². The Kier molecular flexibility index (Phi) is 6.96. The summed E-state index contributed by atoms with van der Waals surface area (Å²) >= 11 is 0. The fourth-order valence-electron chi connectivity index (χ4n) is 4.21. The highest BCUT2D eigenvalue weighted by Gasteiger charge is 2.28. The van der Waals surface area contributed by atoms with Crippen LogP contribution in [0.5, 0.6) is 0 Å². The summed E-state index contributed by atoms with van der Waals surface area (Å²) in [7, 11) is -3.47. The van der Waals surface area contributed by atoms with Crippen LogP contribution in [0.25, 0.3) is 10.9 Å². The number of rotatable bonds is 8. The van der Waals surface area contributed by atoms with Gasteiger partial charge in [0.2, 0.25) is 15.9 Å². The molecule has 0 unspecified atom stereocenters. The Morgan fingerprint density at radius 3 is 2.56 bits per heavy atom. The molecule has 1 aromatic heterocycles. The van der Waals surface area contributed by atoms with Crippen LogP contribution in [-0.4, -0.2) is 42.8 Å². The Labute approximate surface area is 190 Å². The average molecular weight is 454 g/mol. The largest absolute Gasteiger partial charge is 0.356 e. The lowest BCUT2D eigenvalue weighted by atomic mass is 10.0. The van der Waals surface area contributed by atoms with Crippen LogP contribution in [-0.2, 0) is 27.8 Å². The van der Waals surface area contributed by atoms with Gasteiger partial charge in [-0.2, -0.15) is 4.31 Å². The van der Waals surface area contributed by atoms with Gasteiger partial charge in [0.25, 0.3) is 0 Å². The second-order valence-corrected chi connectivity index (χ2v) is 10.6. The third-order valence-corrected chi connectivity index (χ3v) is 8.18. The third kappa shape index (κ3) is 5.22. The van der Waals surface area contributed by atoms with Gasteiger partial charge in [0.05, 0.1) is 4.90 Å². The monoisotopic (exact) mass is 453 g/mol. The Morgan fingerprint density at radius 1 is 1.06 bits per heavy atom. The molecular formula is C25H31N3O3S. The number of hydrogen-bond donors (Lipinski definition) is 1. The number of fused-ring (bicyclic) bond motifs is 1. The zero-order chi connectivity index (χ0) is 22.6. The number of benzene rings is 2. The number of aryl methyl sites for hydroxylation is 1. The first-order valence-corrected chi connectivity index (χ1v) is 12.8. The van der Waals surface area contributed by atoms with Gasteiger partial charge in [0.15, 0.2) is 0 Å². The Bertz CT molecular complexity index is 1160. The van der Waals surface area contributed by atoms with Crippen LogP contribution in [0.15, 0.2) is 65.7 Å². The molecule has 0 saturated carbocycles. The molecule has 0 radical (unpaired) electrons. The standard InChI is InChI=1S/C25H31N3O3S/c1-20-10-17-28(18-11-20)32(30,31)23-7-8-24-22(19-23)12-15-27(24)16-13-25(29)26-14-9-21-5-3-2-4-6-21/h2-8,12,15,19-20H,9-11,13-14,16-18H2,1H3,(H,26,29). The van der Waals surface area contributed by atoms with Crippen LogP contribution in [0, 0.1) is 5.92 Å². The highest BCUT2D eigenvalue weighted by Crippen LogP contribution is 2.26. The van der Waals surface area contributed by atoms with E-state index in [0.717, 1.165) is 30.2 Å². The number of nitrogens with one attached hydrogen (secondary N) is 1. The summed E-state index contributed by atoms with van der Waals surface area (Å²) in [5.74, 6) is 0.592. The first-order chi connectivity index (χ1) is 15.4. The van der Waals surface area contributed by atoms with E-state index in [4.69, 9.17) is 0 Å². The third-order valence-electron chi connectivity index (χ3n) is 6.28. The van der Waals surface area contributed by atoms with Crippen molar-refractivity contribution in [3.8, 4) is 0 Å². The van der Waals surface area contributed by atoms with Crippen molar-refractivity contribution in [2.24, 2.45) is 5.92 Å². The van der Waals surface area contributed by atoms with Crippen LogP contribution in [0.4, 0.5) is 0 Å². The van der Waals surface area contributed by atoms with Gasteiger partial charge in [-0.15, -0.1) is 0 Å². The van der Waals surface area contributed by atoms with Crippen molar-refractivity contribution >= 4 is 26.8 Å². The van der Waals surface area contributed by atoms with Gasteiger partial charge in [-0.3, -0.25) is 4.79 Å². The van der Waals surface area contributed by atoms with Crippen LogP contribution in [0.3, 0.4) is 0 Å². The summed E-state index contributed by atoms with van der Waals surface area (Å²) in [6, 6.07) is 17.3. The van der Waals surface area contributed by atoms with Crippen LogP contribution in [0.1, 0.15) is 31.7 Å². The lowest BCUT2D eigenvalue weighted by Gasteiger charge is -2.29. The molecule has 1 fully saturated rings. The molecule has 170 valence electrons. The molecule has 0 aliphatic carbocycles. The number of nitrogens with zero attached hydrogens (tertiary/aromatic N) is 2. The van der Waals surface area contributed by atoms with Crippen molar-refractivity contribution in [3.63, 3.8) is 0 Å². The summed E-state index contributed by atoms with van der Waals surface area (Å²) in [5.41, 5.74) is 2.14. The highest BCUT2D eigenvalue weighted by atomic mass is 32.2. The zero-order valence-corrected chi connectivity index (χ0v) is 19.4. The molecule has 0 atom stereocenters. The van der Waals surface area contributed by atoms with Gasteiger partial charge in [-0.1, -0.05) is 37.3 Å². The Balaban J connectivity index is 1.35. The first-order valence-electron chi connectivity index (χ1n) is 11.3. The molecule has 4 rings (SSSR count). The average Bonchev–Trinajstić information content (AvgIpc) is 3.21. The summed E-state index contributed by atoms with van der Waals surface area (Å²) < 4.78 is 29.7. The number of sulfonamides is 1. The second-order valence-electron chi connectivity index (χ2n) is 8.65. The maximum Gasteiger partial charge on any atom is 0.243 e. The fraction of sp³-hybridized carbons (Fsp3) is 0.400. The molecule has 2 aromatic carbocycles. The molecule has 32 heavy (non-hydrogen) atoms. The first kappa shape index (κ1) is 22.6. The summed E-state index contributed by atoms with van der Waals surface area (Å²) in [6.07, 6.45) is 4.92. The number of carbonyl (C=O) groups excluding carboxylic acids is 1. The van der Waals surface area contributed by atoms with Gasteiger partial charge in [0, 0.05) is 49.7 Å². The van der Waals surface area contributed by atoms with Gasteiger partial charge in [0.1, 0.15) is 0 Å². The maximum atomic E-state index is 13.0. The van der Waals surface area contributed by atoms with E-state index in [1.165, 1.54) is 5.56 Å². The predicted octanol–water partition coefficient (Wildman–Crippen LogP) is 3.81. The number of piperidine rings is 1. The van der Waals surface area contributed by atoms with Crippen LogP contribution in [0.2, 0.25) is 0 Å². The minimum Gasteiger partial charge on any atom is -0.356 e. The molecule has 0 spiro atoms. The van der Waals surface area contributed by atoms with Gasteiger partial charge in [-0.25, -0.2) is 8.42 Å². The normalized spacial score (nSPS) is 15.8. The van der Waals surface area contributed by atoms with Crippen molar-refractivity contribution in [2.45, 2.75) is 44.0 Å². The number of carbonyl (C=O) groups is 1. The predicted molar refractivity (Wildman–Crippen MR) is 127 cm³/mol. The smallest absolute Gasteiger partial charge is 0.243 e. The van der Waals surface area contributed by atoms with Crippen LogP contribution >= 0.6 is 0 Å². The van der Waals surface area contributed by atoms with E-state index in [9.17, 15) is 13.2 Å². The summed E-state index contributed by atoms with van der Waals surface area (Å²) in [4.78, 5) is 12.6. The van der Waals surface area contributed by atoms with E-state index in [0.29, 0.717) is 43.4 Å². The van der Waals surface area contributed by atoms with Gasteiger partial charge < -0.3 is 9.88 Å². The fourth-order valence-corrected chi connectivity index (χ4v) is 5.71. The quantitative estimate of drug-likeness (QED) is 0.564. The second kappa shape index (κ2) is 9.88. The molecule has 1 saturated heterocycles. The lowest BCUT2D eigenvalue weighted by Crippen LogP contribution is -2.37. The number of aromatic nitrogens is 1. The highest BCUT2D eigenvalue weighted by molar-refractivity contribution is 7.89.